The molecule has 0 aromatic heterocycles. The Balaban J connectivity index is 1.73. The summed E-state index contributed by atoms with van der Waals surface area (Å²) in [6.45, 7) is -1.03. The van der Waals surface area contributed by atoms with E-state index in [1.165, 1.54) is 35.2 Å². The van der Waals surface area contributed by atoms with Crippen molar-refractivity contribution in [1.29, 1.82) is 0 Å². The predicted molar refractivity (Wildman–Crippen MR) is 160 cm³/mol. The molecular weight excluding hydrogens is 598 g/mol. The van der Waals surface area contributed by atoms with E-state index in [0.717, 1.165) is 56.1 Å². The van der Waals surface area contributed by atoms with Gasteiger partial charge in [0, 0.05) is 19.0 Å². The number of hydrogen-bond donors (Lipinski definition) is 1. The predicted octanol–water partition coefficient (Wildman–Crippen LogP) is 5.70. The van der Waals surface area contributed by atoms with Crippen LogP contribution < -0.4 is 9.62 Å². The molecule has 1 atom stereocenters. The van der Waals surface area contributed by atoms with Gasteiger partial charge in [-0.05, 0) is 54.3 Å². The summed E-state index contributed by atoms with van der Waals surface area (Å²) in [6, 6.07) is 16.8. The van der Waals surface area contributed by atoms with Crippen molar-refractivity contribution >= 4 is 27.5 Å². The van der Waals surface area contributed by atoms with Crippen molar-refractivity contribution in [3.8, 4) is 0 Å². The molecule has 1 fully saturated rings. The highest BCUT2D eigenvalue weighted by Gasteiger charge is 2.35. The fourth-order valence-corrected chi connectivity index (χ4v) is 6.18. The number of alkyl halides is 3. The van der Waals surface area contributed by atoms with E-state index >= 15 is 0 Å². The van der Waals surface area contributed by atoms with E-state index in [1.54, 1.807) is 30.3 Å². The maximum absolute atomic E-state index is 14.1. The second-order valence-corrected chi connectivity index (χ2v) is 12.9. The van der Waals surface area contributed by atoms with E-state index < -0.39 is 52.0 Å². The molecule has 3 aromatic carbocycles. The Morgan fingerprint density at radius 3 is 2.18 bits per heavy atom. The standard InChI is InChI=1S/C32H35F4N3O4S/c1-44(42,43)39(28-14-8-11-25(20-28)32(34,35)36)22-30(40)38(21-24-15-17-26(33)18-16-24)29(19-23-9-4-2-5-10-23)31(41)37-27-12-6-3-7-13-27/h2,4-5,8-11,14-18,20,27,29H,3,6-7,12-13,19,21-22H2,1H3,(H,37,41). The minimum absolute atomic E-state index is 0.0880. The third kappa shape index (κ3) is 9.04. The van der Waals surface area contributed by atoms with Crippen molar-refractivity contribution in [2.24, 2.45) is 0 Å². The second-order valence-electron chi connectivity index (χ2n) is 11.0. The normalized spacial score (nSPS) is 14.9. The molecule has 1 unspecified atom stereocenters. The molecule has 3 aromatic rings. The number of hydrogen-bond acceptors (Lipinski definition) is 4. The molecule has 0 spiro atoms. The molecule has 0 aliphatic heterocycles. The van der Waals surface area contributed by atoms with Crippen LogP contribution in [0.25, 0.3) is 0 Å². The van der Waals surface area contributed by atoms with Gasteiger partial charge in [-0.25, -0.2) is 12.8 Å². The maximum atomic E-state index is 14.1. The van der Waals surface area contributed by atoms with Crippen LogP contribution in [0.2, 0.25) is 0 Å². The zero-order valence-electron chi connectivity index (χ0n) is 24.3. The van der Waals surface area contributed by atoms with Crippen LogP contribution in [-0.2, 0) is 38.8 Å². The number of rotatable bonds is 11. The van der Waals surface area contributed by atoms with Crippen molar-refractivity contribution < 1.29 is 35.6 Å². The van der Waals surface area contributed by atoms with Gasteiger partial charge in [0.05, 0.1) is 17.5 Å². The first-order valence-electron chi connectivity index (χ1n) is 14.3. The molecule has 44 heavy (non-hydrogen) atoms. The second kappa shape index (κ2) is 14.2. The van der Waals surface area contributed by atoms with Crippen LogP contribution in [0, 0.1) is 5.82 Å². The molecule has 0 saturated heterocycles. The summed E-state index contributed by atoms with van der Waals surface area (Å²) in [5.41, 5.74) is -0.198. The van der Waals surface area contributed by atoms with E-state index in [-0.39, 0.29) is 24.7 Å². The van der Waals surface area contributed by atoms with Crippen molar-refractivity contribution in [2.75, 3.05) is 17.1 Å². The Labute approximate surface area is 254 Å². The van der Waals surface area contributed by atoms with Crippen LogP contribution in [0.3, 0.4) is 0 Å². The molecule has 7 nitrogen and oxygen atoms in total. The SMILES string of the molecule is CS(=O)(=O)N(CC(=O)N(Cc1ccc(F)cc1)C(Cc1ccccc1)C(=O)NC1CCCCC1)c1cccc(C(F)(F)F)c1. The molecule has 236 valence electrons. The molecule has 1 aliphatic carbocycles. The van der Waals surface area contributed by atoms with Gasteiger partial charge in [0.15, 0.2) is 0 Å². The van der Waals surface area contributed by atoms with Crippen LogP contribution in [0.15, 0.2) is 78.9 Å². The number of carbonyl (C=O) groups is 2. The van der Waals surface area contributed by atoms with E-state index in [2.05, 4.69) is 5.32 Å². The van der Waals surface area contributed by atoms with Gasteiger partial charge in [0.2, 0.25) is 21.8 Å². The molecule has 2 amide bonds. The Kier molecular flexibility index (Phi) is 10.7. The van der Waals surface area contributed by atoms with Gasteiger partial charge in [-0.15, -0.1) is 0 Å². The number of carbonyl (C=O) groups excluding carboxylic acids is 2. The number of amides is 2. The highest BCUT2D eigenvalue weighted by Crippen LogP contribution is 2.32. The summed E-state index contributed by atoms with van der Waals surface area (Å²) in [4.78, 5) is 29.2. The van der Waals surface area contributed by atoms with Gasteiger partial charge in [0.1, 0.15) is 18.4 Å². The summed E-state index contributed by atoms with van der Waals surface area (Å²) >= 11 is 0. The summed E-state index contributed by atoms with van der Waals surface area (Å²) in [5, 5.41) is 3.06. The third-order valence-corrected chi connectivity index (χ3v) is 8.77. The van der Waals surface area contributed by atoms with E-state index in [1.807, 2.05) is 0 Å². The molecule has 4 rings (SSSR count). The Hall–Kier alpha value is -3.93. The van der Waals surface area contributed by atoms with Crippen molar-refractivity contribution in [3.63, 3.8) is 0 Å². The van der Waals surface area contributed by atoms with Gasteiger partial charge in [0.25, 0.3) is 0 Å². The lowest BCUT2D eigenvalue weighted by molar-refractivity contribution is -0.140. The highest BCUT2D eigenvalue weighted by atomic mass is 32.2. The Morgan fingerprint density at radius 1 is 0.909 bits per heavy atom. The number of anilines is 1. The molecule has 0 heterocycles. The van der Waals surface area contributed by atoms with E-state index in [0.29, 0.717) is 15.9 Å². The number of benzene rings is 3. The van der Waals surface area contributed by atoms with Gasteiger partial charge in [-0.3, -0.25) is 13.9 Å². The Bertz CT molecular complexity index is 1530. The number of halogens is 4. The van der Waals surface area contributed by atoms with Crippen molar-refractivity contribution in [2.45, 2.75) is 63.3 Å². The van der Waals surface area contributed by atoms with Crippen LogP contribution in [0.1, 0.15) is 48.8 Å². The molecule has 1 N–H and O–H groups in total. The van der Waals surface area contributed by atoms with Crippen LogP contribution in [0.4, 0.5) is 23.2 Å². The largest absolute Gasteiger partial charge is 0.416 e. The first-order valence-corrected chi connectivity index (χ1v) is 16.2. The van der Waals surface area contributed by atoms with Crippen LogP contribution in [0.5, 0.6) is 0 Å². The molecule has 1 aliphatic rings. The van der Waals surface area contributed by atoms with Gasteiger partial charge >= 0.3 is 6.18 Å². The fraction of sp³-hybridized carbons (Fsp3) is 0.375. The van der Waals surface area contributed by atoms with Crippen LogP contribution >= 0.6 is 0 Å². The smallest absolute Gasteiger partial charge is 0.352 e. The monoisotopic (exact) mass is 633 g/mol. The van der Waals surface area contributed by atoms with E-state index in [9.17, 15) is 35.6 Å². The Morgan fingerprint density at radius 2 is 1.57 bits per heavy atom. The molecule has 0 radical (unpaired) electrons. The van der Waals surface area contributed by atoms with Crippen LogP contribution in [-0.4, -0.2) is 50.0 Å². The minimum atomic E-state index is -4.74. The quantitative estimate of drug-likeness (QED) is 0.275. The highest BCUT2D eigenvalue weighted by molar-refractivity contribution is 7.92. The first kappa shape index (κ1) is 33.0. The van der Waals surface area contributed by atoms with E-state index in [4.69, 9.17) is 0 Å². The first-order chi connectivity index (χ1) is 20.8. The number of sulfonamides is 1. The van der Waals surface area contributed by atoms with Gasteiger partial charge in [-0.1, -0.05) is 67.8 Å². The summed E-state index contributed by atoms with van der Waals surface area (Å²) in [5.74, 6) is -1.74. The zero-order chi connectivity index (χ0) is 31.9. The average molecular weight is 634 g/mol. The summed E-state index contributed by atoms with van der Waals surface area (Å²) in [6.07, 6.45) is 0.679. The third-order valence-electron chi connectivity index (χ3n) is 7.63. The summed E-state index contributed by atoms with van der Waals surface area (Å²) < 4.78 is 80.4. The topological polar surface area (TPSA) is 86.8 Å². The summed E-state index contributed by atoms with van der Waals surface area (Å²) in [7, 11) is -4.25. The molecule has 0 bridgehead atoms. The number of nitrogens with one attached hydrogen (secondary N) is 1. The minimum Gasteiger partial charge on any atom is -0.352 e. The molecule has 12 heteroatoms. The van der Waals surface area contributed by atoms with Crippen molar-refractivity contribution in [1.82, 2.24) is 10.2 Å². The molecule has 1 saturated carbocycles. The zero-order valence-corrected chi connectivity index (χ0v) is 25.1. The lowest BCUT2D eigenvalue weighted by Gasteiger charge is -2.35. The lowest BCUT2D eigenvalue weighted by Crippen LogP contribution is -2.55. The van der Waals surface area contributed by atoms with Gasteiger partial charge < -0.3 is 10.2 Å². The lowest BCUT2D eigenvalue weighted by atomic mass is 9.94. The van der Waals surface area contributed by atoms with Gasteiger partial charge in [-0.2, -0.15) is 13.2 Å². The fourth-order valence-electron chi connectivity index (χ4n) is 5.34. The van der Waals surface area contributed by atoms with Crippen molar-refractivity contribution in [3.05, 3.63) is 101 Å². The molecular formula is C32H35F4N3O4S. The average Bonchev–Trinajstić information content (AvgIpc) is 2.98. The maximum Gasteiger partial charge on any atom is 0.416 e. The number of nitrogens with zero attached hydrogens (tertiary/aromatic N) is 2.